The number of aliphatic hydroxyl groups is 1. The molecule has 14 heavy (non-hydrogen) atoms. The van der Waals surface area contributed by atoms with Crippen molar-refractivity contribution in [2.24, 2.45) is 11.8 Å². The number of nitrogens with zero attached hydrogens (tertiary/aromatic N) is 3. The molecule has 1 aromatic heterocycles. The van der Waals surface area contributed by atoms with Gasteiger partial charge in [0.2, 0.25) is 0 Å². The summed E-state index contributed by atoms with van der Waals surface area (Å²) >= 11 is 0. The quantitative estimate of drug-likeness (QED) is 0.780. The molecular weight excluding hydrogens is 178 g/mol. The van der Waals surface area contributed by atoms with Crippen molar-refractivity contribution in [1.82, 2.24) is 15.0 Å². The normalized spacial score (nSPS) is 23.8. The van der Waals surface area contributed by atoms with Gasteiger partial charge in [-0.3, -0.25) is 4.68 Å². The molecule has 0 amide bonds. The summed E-state index contributed by atoms with van der Waals surface area (Å²) in [7, 11) is 0. The van der Waals surface area contributed by atoms with Gasteiger partial charge in [-0.05, 0) is 37.5 Å². The zero-order chi connectivity index (χ0) is 9.54. The third kappa shape index (κ3) is 1.66. The van der Waals surface area contributed by atoms with Gasteiger partial charge in [-0.25, -0.2) is 0 Å². The zero-order valence-electron chi connectivity index (χ0n) is 8.13. The summed E-state index contributed by atoms with van der Waals surface area (Å²) in [6.45, 7) is 0.977. The summed E-state index contributed by atoms with van der Waals surface area (Å²) in [5.74, 6) is 1.25. The summed E-state index contributed by atoms with van der Waals surface area (Å²) in [4.78, 5) is 0. The van der Waals surface area contributed by atoms with Crippen LogP contribution < -0.4 is 0 Å². The van der Waals surface area contributed by atoms with E-state index in [1.54, 1.807) is 0 Å². The Morgan fingerprint density at radius 1 is 1.43 bits per heavy atom. The molecule has 0 spiro atoms. The van der Waals surface area contributed by atoms with Gasteiger partial charge >= 0.3 is 0 Å². The average Bonchev–Trinajstić information content (AvgIpc) is 3.04. The first-order valence-electron chi connectivity index (χ1n) is 5.41. The van der Waals surface area contributed by atoms with Crippen molar-refractivity contribution in [1.29, 1.82) is 0 Å². The first-order chi connectivity index (χ1) is 6.83. The second-order valence-corrected chi connectivity index (χ2v) is 4.59. The standard InChI is InChI=1S/C10H15N3O/c14-10(8-3-4-8)9-6-13(12-11-9)5-7-1-2-7/h6-8,10,14H,1-5H2. The lowest BCUT2D eigenvalue weighted by Gasteiger charge is -2.02. The molecule has 0 radical (unpaired) electrons. The second-order valence-electron chi connectivity index (χ2n) is 4.59. The Bertz CT molecular complexity index is 328. The van der Waals surface area contributed by atoms with Crippen molar-refractivity contribution in [2.75, 3.05) is 0 Å². The lowest BCUT2D eigenvalue weighted by atomic mass is 10.2. The number of hydrogen-bond donors (Lipinski definition) is 1. The van der Waals surface area contributed by atoms with E-state index in [2.05, 4.69) is 10.3 Å². The molecule has 76 valence electrons. The van der Waals surface area contributed by atoms with E-state index < -0.39 is 0 Å². The second kappa shape index (κ2) is 3.05. The minimum atomic E-state index is -0.372. The largest absolute Gasteiger partial charge is 0.386 e. The smallest absolute Gasteiger partial charge is 0.111 e. The molecule has 4 nitrogen and oxygen atoms in total. The molecule has 4 heteroatoms. The van der Waals surface area contributed by atoms with Crippen molar-refractivity contribution in [2.45, 2.75) is 38.3 Å². The van der Waals surface area contributed by atoms with Crippen LogP contribution in [0.5, 0.6) is 0 Å². The number of rotatable bonds is 4. The highest BCUT2D eigenvalue weighted by Gasteiger charge is 2.32. The van der Waals surface area contributed by atoms with Crippen LogP contribution in [0.25, 0.3) is 0 Å². The lowest BCUT2D eigenvalue weighted by Crippen LogP contribution is -2.00. The third-order valence-corrected chi connectivity index (χ3v) is 3.07. The summed E-state index contributed by atoms with van der Waals surface area (Å²) in [6, 6.07) is 0. The third-order valence-electron chi connectivity index (χ3n) is 3.07. The maximum Gasteiger partial charge on any atom is 0.111 e. The molecule has 3 rings (SSSR count). The topological polar surface area (TPSA) is 50.9 Å². The summed E-state index contributed by atoms with van der Waals surface area (Å²) in [6.07, 6.45) is 6.44. The van der Waals surface area contributed by atoms with Crippen LogP contribution in [0, 0.1) is 11.8 Å². The van der Waals surface area contributed by atoms with Crippen molar-refractivity contribution >= 4 is 0 Å². The summed E-state index contributed by atoms with van der Waals surface area (Å²) < 4.78 is 1.87. The van der Waals surface area contributed by atoms with Gasteiger partial charge in [-0.15, -0.1) is 5.10 Å². The fourth-order valence-electron chi connectivity index (χ4n) is 1.76. The highest BCUT2D eigenvalue weighted by Crippen LogP contribution is 2.40. The van der Waals surface area contributed by atoms with Crippen molar-refractivity contribution in [3.8, 4) is 0 Å². The predicted octanol–water partition coefficient (Wildman–Crippen LogP) is 1.13. The van der Waals surface area contributed by atoms with E-state index in [0.29, 0.717) is 5.92 Å². The maximum atomic E-state index is 9.81. The number of aromatic nitrogens is 3. The van der Waals surface area contributed by atoms with Gasteiger partial charge in [-0.2, -0.15) is 0 Å². The molecule has 1 unspecified atom stereocenters. The van der Waals surface area contributed by atoms with Gasteiger partial charge in [-0.1, -0.05) is 5.21 Å². The van der Waals surface area contributed by atoms with Crippen LogP contribution in [0.4, 0.5) is 0 Å². The van der Waals surface area contributed by atoms with Gasteiger partial charge in [0.05, 0.1) is 6.20 Å². The Morgan fingerprint density at radius 3 is 2.86 bits per heavy atom. The maximum absolute atomic E-state index is 9.81. The molecule has 1 N–H and O–H groups in total. The molecule has 0 aromatic carbocycles. The minimum Gasteiger partial charge on any atom is -0.386 e. The Balaban J connectivity index is 1.68. The minimum absolute atomic E-state index is 0.372. The fourth-order valence-corrected chi connectivity index (χ4v) is 1.76. The predicted molar refractivity (Wildman–Crippen MR) is 50.4 cm³/mol. The molecule has 2 saturated carbocycles. The van der Waals surface area contributed by atoms with Crippen LogP contribution in [-0.4, -0.2) is 20.1 Å². The fraction of sp³-hybridized carbons (Fsp3) is 0.800. The Labute approximate surface area is 82.9 Å². The van der Waals surface area contributed by atoms with E-state index in [1.807, 2.05) is 10.9 Å². The van der Waals surface area contributed by atoms with Crippen molar-refractivity contribution < 1.29 is 5.11 Å². The summed E-state index contributed by atoms with van der Waals surface area (Å²) in [5.41, 5.74) is 0.758. The molecule has 2 fully saturated rings. The Kier molecular flexibility index (Phi) is 1.83. The Morgan fingerprint density at radius 2 is 2.21 bits per heavy atom. The van der Waals surface area contributed by atoms with Crippen molar-refractivity contribution in [3.05, 3.63) is 11.9 Å². The van der Waals surface area contributed by atoms with E-state index in [0.717, 1.165) is 31.0 Å². The molecule has 0 saturated heterocycles. The highest BCUT2D eigenvalue weighted by atomic mass is 16.3. The molecular formula is C10H15N3O. The van der Waals surface area contributed by atoms with Crippen LogP contribution >= 0.6 is 0 Å². The molecule has 1 heterocycles. The molecule has 2 aliphatic carbocycles. The first kappa shape index (κ1) is 8.41. The van der Waals surface area contributed by atoms with Gasteiger partial charge in [0.1, 0.15) is 11.8 Å². The first-order valence-corrected chi connectivity index (χ1v) is 5.41. The van der Waals surface area contributed by atoms with E-state index in [1.165, 1.54) is 12.8 Å². The number of hydrogen-bond acceptors (Lipinski definition) is 3. The molecule has 0 aliphatic heterocycles. The van der Waals surface area contributed by atoms with E-state index in [-0.39, 0.29) is 6.10 Å². The molecule has 2 aliphatic rings. The van der Waals surface area contributed by atoms with Crippen LogP contribution in [0.1, 0.15) is 37.5 Å². The monoisotopic (exact) mass is 193 g/mol. The molecule has 0 bridgehead atoms. The Hall–Kier alpha value is -0.900. The summed E-state index contributed by atoms with van der Waals surface area (Å²) in [5, 5.41) is 17.9. The molecule has 1 aromatic rings. The van der Waals surface area contributed by atoms with Gasteiger partial charge in [0.15, 0.2) is 0 Å². The SMILES string of the molecule is OC(c1cn(CC2CC2)nn1)C1CC1. The highest BCUT2D eigenvalue weighted by molar-refractivity contribution is 5.02. The average molecular weight is 193 g/mol. The van der Waals surface area contributed by atoms with E-state index in [4.69, 9.17) is 0 Å². The van der Waals surface area contributed by atoms with Crippen LogP contribution in [-0.2, 0) is 6.54 Å². The van der Waals surface area contributed by atoms with E-state index in [9.17, 15) is 5.11 Å². The van der Waals surface area contributed by atoms with Gasteiger partial charge in [0, 0.05) is 6.54 Å². The lowest BCUT2D eigenvalue weighted by molar-refractivity contribution is 0.149. The van der Waals surface area contributed by atoms with E-state index >= 15 is 0 Å². The van der Waals surface area contributed by atoms with Crippen LogP contribution in [0.3, 0.4) is 0 Å². The van der Waals surface area contributed by atoms with Gasteiger partial charge < -0.3 is 5.11 Å². The van der Waals surface area contributed by atoms with Crippen molar-refractivity contribution in [3.63, 3.8) is 0 Å². The molecule has 1 atom stereocenters. The van der Waals surface area contributed by atoms with Crippen LogP contribution in [0.2, 0.25) is 0 Å². The number of aliphatic hydroxyl groups excluding tert-OH is 1. The van der Waals surface area contributed by atoms with Crippen LogP contribution in [0.15, 0.2) is 6.20 Å². The van der Waals surface area contributed by atoms with Gasteiger partial charge in [0.25, 0.3) is 0 Å². The zero-order valence-corrected chi connectivity index (χ0v) is 8.13.